The lowest BCUT2D eigenvalue weighted by Gasteiger charge is -2.29. The maximum Gasteiger partial charge on any atom is 0.149 e. The highest BCUT2D eigenvalue weighted by Gasteiger charge is 2.34. The number of hydrogen-bond donors (Lipinski definition) is 2. The lowest BCUT2D eigenvalue weighted by atomic mass is 10.2. The highest BCUT2D eigenvalue weighted by molar-refractivity contribution is 7.88. The summed E-state index contributed by atoms with van der Waals surface area (Å²) in [5.74, 6) is 0.434. The van der Waals surface area contributed by atoms with E-state index in [1.165, 1.54) is 0 Å². The Bertz CT molecular complexity index is 3880. The molecule has 0 radical (unpaired) electrons. The second-order valence-electron chi connectivity index (χ2n) is 18.2. The van der Waals surface area contributed by atoms with Gasteiger partial charge < -0.3 is 19.3 Å². The van der Waals surface area contributed by atoms with E-state index < -0.39 is 14.1 Å². The number of fused-ring (bicyclic) bond motifs is 6. The Balaban J connectivity index is 1.04. The van der Waals surface area contributed by atoms with Crippen molar-refractivity contribution in [2.24, 2.45) is 9.49 Å². The average molecular weight is 971 g/mol. The van der Waals surface area contributed by atoms with Crippen molar-refractivity contribution in [2.75, 3.05) is 13.1 Å². The Labute approximate surface area is 419 Å². The number of para-hydroxylation sites is 5. The molecule has 0 aliphatic rings. The van der Waals surface area contributed by atoms with Gasteiger partial charge in [-0.05, 0) is 67.4 Å². The number of phenols is 2. The highest BCUT2D eigenvalue weighted by Crippen LogP contribution is 2.52. The number of phenolic OH excluding ortho intramolecular Hbond substituents is 2. The molecular weight excluding hydrogens is 919 g/mol. The van der Waals surface area contributed by atoms with E-state index in [2.05, 4.69) is 234 Å². The zero-order chi connectivity index (χ0) is 48.7. The topological polar surface area (TPSA) is 75.0 Å². The first-order valence-corrected chi connectivity index (χ1v) is 28.0. The number of aryl methyl sites for hydroxylation is 1. The molecule has 10 aromatic carbocycles. The molecule has 0 spiro atoms. The van der Waals surface area contributed by atoms with E-state index in [0.29, 0.717) is 25.2 Å². The molecule has 0 fully saturated rings. The number of rotatable bonds is 12. The van der Waals surface area contributed by atoms with Gasteiger partial charge in [-0.15, -0.1) is 0 Å². The van der Waals surface area contributed by atoms with Crippen LogP contribution in [0.3, 0.4) is 0 Å². The number of nitrogens with zero attached hydrogens (tertiary/aromatic N) is 4. The van der Waals surface area contributed by atoms with Gasteiger partial charge in [0.05, 0.1) is 47.6 Å². The van der Waals surface area contributed by atoms with Crippen LogP contribution in [-0.4, -0.2) is 32.4 Å². The predicted octanol–water partition coefficient (Wildman–Crippen LogP) is 13.6. The van der Waals surface area contributed by atoms with Crippen LogP contribution in [0.2, 0.25) is 0 Å². The summed E-state index contributed by atoms with van der Waals surface area (Å²) in [6.45, 7) is 3.05. The maximum absolute atomic E-state index is 13.1. The van der Waals surface area contributed by atoms with Crippen LogP contribution in [0.25, 0.3) is 55.0 Å². The van der Waals surface area contributed by atoms with Crippen molar-refractivity contribution in [3.8, 4) is 22.9 Å². The maximum atomic E-state index is 13.1. The molecule has 12 rings (SSSR count). The van der Waals surface area contributed by atoms with Crippen molar-refractivity contribution in [2.45, 2.75) is 13.3 Å². The Morgan fingerprint density at radius 1 is 0.347 bits per heavy atom. The van der Waals surface area contributed by atoms with Crippen LogP contribution in [0, 0.1) is 6.92 Å². The summed E-state index contributed by atoms with van der Waals surface area (Å²) in [7, 11) is -5.82. The van der Waals surface area contributed by atoms with Crippen molar-refractivity contribution < 1.29 is 10.2 Å². The third kappa shape index (κ3) is 7.41. The van der Waals surface area contributed by atoms with Gasteiger partial charge in [-0.3, -0.25) is 9.49 Å². The average Bonchev–Trinajstić information content (AvgIpc) is 3.96. The summed E-state index contributed by atoms with van der Waals surface area (Å²) in [6, 6.07) is 86.2. The molecule has 0 saturated heterocycles. The molecule has 72 heavy (non-hydrogen) atoms. The largest absolute Gasteiger partial charge is 0.505 e. The summed E-state index contributed by atoms with van der Waals surface area (Å²) < 4.78 is 16.2. The molecule has 0 atom stereocenters. The van der Waals surface area contributed by atoms with E-state index in [1.54, 1.807) is 0 Å². The molecule has 12 aromatic rings. The minimum atomic E-state index is -2.92. The lowest BCUT2D eigenvalue weighted by Crippen LogP contribution is -2.27. The van der Waals surface area contributed by atoms with Gasteiger partial charge in [-0.2, -0.15) is 0 Å². The molecule has 0 saturated carbocycles. The second-order valence-corrected chi connectivity index (χ2v) is 24.4. The molecule has 8 heteroatoms. The minimum absolute atomic E-state index is 0.213. The summed E-state index contributed by atoms with van der Waals surface area (Å²) in [5.41, 5.74) is 6.59. The Morgan fingerprint density at radius 2 is 0.681 bits per heavy atom. The van der Waals surface area contributed by atoms with Crippen molar-refractivity contribution in [1.82, 2.24) is 9.13 Å². The minimum Gasteiger partial charge on any atom is -0.505 e. The van der Waals surface area contributed by atoms with Gasteiger partial charge in [0.1, 0.15) is 11.5 Å². The molecule has 0 unspecified atom stereocenters. The molecule has 0 aliphatic heterocycles. The van der Waals surface area contributed by atoms with Gasteiger partial charge in [-0.1, -0.05) is 200 Å². The normalized spacial score (nSPS) is 12.0. The number of aromatic hydroxyl groups is 2. The summed E-state index contributed by atoms with van der Waals surface area (Å²) in [5, 5.41) is 36.5. The van der Waals surface area contributed by atoms with Crippen molar-refractivity contribution in [3.63, 3.8) is 0 Å². The van der Waals surface area contributed by atoms with Gasteiger partial charge in [-0.25, -0.2) is 0 Å². The predicted molar refractivity (Wildman–Crippen MR) is 306 cm³/mol. The van der Waals surface area contributed by atoms with Crippen LogP contribution in [0.4, 0.5) is 0 Å². The molecule has 2 aromatic heterocycles. The monoisotopic (exact) mass is 970 g/mol. The summed E-state index contributed by atoms with van der Waals surface area (Å²) in [6.07, 6.45) is 0.627. The van der Waals surface area contributed by atoms with Gasteiger partial charge in [0.25, 0.3) is 0 Å². The van der Waals surface area contributed by atoms with E-state index in [9.17, 15) is 10.2 Å². The molecular formula is C64H52N4O2P2. The van der Waals surface area contributed by atoms with E-state index in [-0.39, 0.29) is 11.5 Å². The number of aromatic nitrogens is 2. The fourth-order valence-electron chi connectivity index (χ4n) is 10.9. The van der Waals surface area contributed by atoms with Crippen LogP contribution in [-0.2, 0) is 0 Å². The lowest BCUT2D eigenvalue weighted by molar-refractivity contribution is 0.477. The first-order valence-electron chi connectivity index (χ1n) is 24.5. The Hall–Kier alpha value is -8.14. The number of hydrogen-bond acceptors (Lipinski definition) is 4. The molecule has 0 amide bonds. The highest BCUT2D eigenvalue weighted by atomic mass is 31.2. The first-order chi connectivity index (χ1) is 35.5. The fourth-order valence-corrected chi connectivity index (χ4v) is 18.4. The van der Waals surface area contributed by atoms with Gasteiger partial charge in [0.15, 0.2) is 0 Å². The molecule has 0 aliphatic carbocycles. The number of benzene rings is 10. The summed E-state index contributed by atoms with van der Waals surface area (Å²) in [4.78, 5) is 0. The second kappa shape index (κ2) is 18.9. The van der Waals surface area contributed by atoms with Crippen LogP contribution >= 0.6 is 14.1 Å². The van der Waals surface area contributed by atoms with Gasteiger partial charge >= 0.3 is 0 Å². The SMILES string of the molecule is Cc1cc(-n2c3ccccc3c3ccccc32)c(O)c(P(=NCCCN=P(c2ccccc2)(c2ccccc2)c2cccc(-n3c4ccccc4c4ccccc43)c2O)(c2ccccc2)c2ccccc2)c1. The van der Waals surface area contributed by atoms with E-state index >= 15 is 0 Å². The van der Waals surface area contributed by atoms with Crippen molar-refractivity contribution in [1.29, 1.82) is 0 Å². The Kier molecular flexibility index (Phi) is 11.8. The molecule has 6 nitrogen and oxygen atoms in total. The first kappa shape index (κ1) is 45.0. The third-order valence-electron chi connectivity index (χ3n) is 14.0. The molecule has 0 bridgehead atoms. The van der Waals surface area contributed by atoms with Gasteiger partial charge in [0, 0.05) is 66.5 Å². The Morgan fingerprint density at radius 3 is 1.08 bits per heavy atom. The quantitative estimate of drug-likeness (QED) is 0.0945. The van der Waals surface area contributed by atoms with E-state index in [0.717, 1.165) is 86.7 Å². The molecule has 2 heterocycles. The van der Waals surface area contributed by atoms with E-state index in [1.807, 2.05) is 30.3 Å². The van der Waals surface area contributed by atoms with Crippen LogP contribution in [0.1, 0.15) is 12.0 Å². The van der Waals surface area contributed by atoms with Crippen LogP contribution in [0.15, 0.2) is 258 Å². The zero-order valence-electron chi connectivity index (χ0n) is 39.9. The van der Waals surface area contributed by atoms with Crippen molar-refractivity contribution in [3.05, 3.63) is 254 Å². The molecule has 350 valence electrons. The standard InChI is InChI=1S/C64H52N4O2P2/c1-46-44-60(68-57-38-20-16-34-53(57)54-35-17-21-39-58(54)68)64(70)62(45-46)72(49-28-10-4-11-29-49,50-30-12-5-13-31-50)66-43-23-42-65-71(47-24-6-2-7-25-47,48-26-8-3-9-27-48)61-41-22-40-59(63(61)69)67-55-36-18-14-32-51(55)52-33-15-19-37-56(52)67/h2-22,24-41,44-45,69-70H,23,42-43H2,1H3. The smallest absolute Gasteiger partial charge is 0.149 e. The van der Waals surface area contributed by atoms with E-state index in [4.69, 9.17) is 9.49 Å². The fraction of sp³-hybridized carbons (Fsp3) is 0.0625. The molecule has 2 N–H and O–H groups in total. The van der Waals surface area contributed by atoms with Gasteiger partial charge in [0.2, 0.25) is 0 Å². The van der Waals surface area contributed by atoms with Crippen LogP contribution in [0.5, 0.6) is 11.5 Å². The summed E-state index contributed by atoms with van der Waals surface area (Å²) >= 11 is 0. The third-order valence-corrected chi connectivity index (χ3v) is 21.5. The van der Waals surface area contributed by atoms with Crippen LogP contribution < -0.4 is 31.8 Å². The zero-order valence-corrected chi connectivity index (χ0v) is 41.7. The van der Waals surface area contributed by atoms with Crippen molar-refractivity contribution >= 4 is 89.5 Å².